The number of hydrogen-bond acceptors (Lipinski definition) is 3. The van der Waals surface area contributed by atoms with Crippen molar-refractivity contribution < 1.29 is 28.0 Å². The molecule has 0 saturated carbocycles. The summed E-state index contributed by atoms with van der Waals surface area (Å²) in [7, 11) is 0. The van der Waals surface area contributed by atoms with Gasteiger partial charge in [-0.2, -0.15) is 0 Å². The maximum Gasteiger partial charge on any atom is 0.575 e. The Morgan fingerprint density at radius 1 is 1.33 bits per heavy atom. The van der Waals surface area contributed by atoms with E-state index < -0.39 is 18.2 Å². The fraction of sp³-hybridized carbons (Fsp3) is 0.400. The Kier molecular flexibility index (Phi) is 8.61. The third-order valence-corrected chi connectivity index (χ3v) is 5.13. The summed E-state index contributed by atoms with van der Waals surface area (Å²) >= 11 is 11.0. The summed E-state index contributed by atoms with van der Waals surface area (Å²) < 4.78 is 40.8. The number of alkyl halides is 3. The molecule has 2 heterocycles. The van der Waals surface area contributed by atoms with Crippen LogP contribution >= 0.6 is 23.8 Å². The average molecular weight is 460 g/mol. The number of nitrogens with two attached hydrogens (primary N) is 1. The lowest BCUT2D eigenvalue weighted by atomic mass is 9.81. The molecule has 0 radical (unpaired) electrons. The Bertz CT molecular complexity index is 880. The Labute approximate surface area is 182 Å². The molecule has 1 atom stereocenters. The van der Waals surface area contributed by atoms with Gasteiger partial charge >= 0.3 is 12.3 Å². The summed E-state index contributed by atoms with van der Waals surface area (Å²) in [6.45, 7) is 4.13. The second kappa shape index (κ2) is 10.7. The fourth-order valence-corrected chi connectivity index (χ4v) is 3.78. The van der Waals surface area contributed by atoms with Gasteiger partial charge in [-0.3, -0.25) is 5.87 Å². The zero-order chi connectivity index (χ0) is 22.3. The van der Waals surface area contributed by atoms with E-state index in [1.54, 1.807) is 12.1 Å². The van der Waals surface area contributed by atoms with Crippen LogP contribution in [0.2, 0.25) is 5.02 Å². The zero-order valence-corrected chi connectivity index (χ0v) is 17.8. The normalized spacial score (nSPS) is 19.3. The predicted molar refractivity (Wildman–Crippen MR) is 112 cm³/mol. The van der Waals surface area contributed by atoms with Crippen LogP contribution in [0.15, 0.2) is 41.1 Å². The quantitative estimate of drug-likeness (QED) is 0.307. The number of benzene rings is 1. The number of hydrogen-bond donors (Lipinski definition) is 2. The van der Waals surface area contributed by atoms with E-state index in [0.717, 1.165) is 0 Å². The smallest absolute Gasteiger partial charge is 0.575 e. The van der Waals surface area contributed by atoms with Crippen LogP contribution in [-0.2, 0) is 9.53 Å². The van der Waals surface area contributed by atoms with Gasteiger partial charge in [0.25, 0.3) is 0 Å². The maximum atomic E-state index is 12.4. The lowest BCUT2D eigenvalue weighted by Gasteiger charge is -2.30. The van der Waals surface area contributed by atoms with E-state index in [0.29, 0.717) is 10.6 Å². The van der Waals surface area contributed by atoms with Crippen LogP contribution in [0.1, 0.15) is 37.7 Å². The number of halogens is 4. The van der Waals surface area contributed by atoms with Gasteiger partial charge in [0, 0.05) is 16.3 Å². The van der Waals surface area contributed by atoms with Gasteiger partial charge in [-0.05, 0) is 43.9 Å². The number of ether oxygens (including phenoxy) is 1. The number of quaternary nitrogens is 1. The largest absolute Gasteiger partial charge is 0.763 e. The molecule has 1 fully saturated rings. The molecule has 0 bridgehead atoms. The van der Waals surface area contributed by atoms with E-state index >= 15 is 0 Å². The Morgan fingerprint density at radius 2 is 2.00 bits per heavy atom. The monoisotopic (exact) mass is 459 g/mol. The standard InChI is InChI=1S/C15H9ClF3N2O2S.C5H11N/c1-7-11(14(22)23-15(17,18)19)12(10(6-20)13(24)21-7)8-3-2-4-9(16)5-8;1-2-4-6-5-3-1/h2-5,12H,1H3,(H,21,24);6H,1-5H2/q-1;/p+1. The molecule has 0 aliphatic carbocycles. The second-order valence-electron chi connectivity index (χ2n) is 6.77. The molecule has 162 valence electrons. The van der Waals surface area contributed by atoms with Gasteiger partial charge in [0.05, 0.1) is 24.6 Å². The summed E-state index contributed by atoms with van der Waals surface area (Å²) in [5, 5.41) is 14.6. The summed E-state index contributed by atoms with van der Waals surface area (Å²) in [6, 6.07) is 6.10. The van der Waals surface area contributed by atoms with E-state index in [1.807, 2.05) is 5.87 Å². The van der Waals surface area contributed by atoms with Crippen LogP contribution < -0.4 is 10.6 Å². The molecule has 2 aliphatic rings. The van der Waals surface area contributed by atoms with Crippen molar-refractivity contribution in [3.05, 3.63) is 57.1 Å². The van der Waals surface area contributed by atoms with E-state index in [-0.39, 0.29) is 21.8 Å². The molecule has 1 aromatic carbocycles. The first-order valence-electron chi connectivity index (χ1n) is 9.30. The lowest BCUT2D eigenvalue weighted by Crippen LogP contribution is -2.85. The summed E-state index contributed by atoms with van der Waals surface area (Å²) in [6.07, 6.45) is -0.787. The molecule has 0 spiro atoms. The van der Waals surface area contributed by atoms with Gasteiger partial charge in [-0.15, -0.1) is 13.2 Å². The number of nitrogens with one attached hydrogen (secondary N) is 1. The molecule has 1 unspecified atom stereocenters. The highest BCUT2D eigenvalue weighted by molar-refractivity contribution is 7.80. The van der Waals surface area contributed by atoms with Crippen molar-refractivity contribution in [2.75, 3.05) is 13.1 Å². The molecule has 2 aliphatic heterocycles. The Morgan fingerprint density at radius 3 is 2.47 bits per heavy atom. The highest BCUT2D eigenvalue weighted by Crippen LogP contribution is 2.38. The number of esters is 1. The van der Waals surface area contributed by atoms with E-state index in [2.05, 4.69) is 15.4 Å². The highest BCUT2D eigenvalue weighted by atomic mass is 35.5. The van der Waals surface area contributed by atoms with Crippen molar-refractivity contribution in [2.45, 2.75) is 38.5 Å². The number of carbonyl (C=O) groups excluding carboxylic acids is 1. The van der Waals surface area contributed by atoms with Gasteiger partial charge in [0.15, 0.2) is 0 Å². The van der Waals surface area contributed by atoms with Crippen molar-refractivity contribution >= 4 is 40.6 Å². The molecular weight excluding hydrogens is 439 g/mol. The number of carbonyl (C=O) groups is 1. The number of rotatable bonds is 2. The number of piperidine rings is 1. The number of nitrogens with zero attached hydrogens (tertiary/aromatic N) is 1. The predicted octanol–water partition coefficient (Wildman–Crippen LogP) is 3.59. The first kappa shape index (κ1) is 24.1. The van der Waals surface area contributed by atoms with Crippen LogP contribution in [0.3, 0.4) is 0 Å². The Balaban J connectivity index is 0.000000456. The first-order valence-corrected chi connectivity index (χ1v) is 10.1. The fourth-order valence-electron chi connectivity index (χ4n) is 3.26. The minimum atomic E-state index is -5.14. The average Bonchev–Trinajstić information content (AvgIpc) is 2.68. The van der Waals surface area contributed by atoms with E-state index in [1.165, 1.54) is 51.4 Å². The van der Waals surface area contributed by atoms with Crippen molar-refractivity contribution in [1.29, 1.82) is 0 Å². The molecule has 0 aromatic heterocycles. The second-order valence-corrected chi connectivity index (χ2v) is 7.61. The van der Waals surface area contributed by atoms with Crippen molar-refractivity contribution in [2.24, 2.45) is 0 Å². The van der Waals surface area contributed by atoms with E-state index in [9.17, 15) is 23.4 Å². The van der Waals surface area contributed by atoms with Crippen LogP contribution in [0.4, 0.5) is 13.2 Å². The molecule has 3 rings (SSSR count). The Hall–Kier alpha value is -2.19. The summed E-state index contributed by atoms with van der Waals surface area (Å²) in [4.78, 5) is 12.1. The molecule has 1 aromatic rings. The van der Waals surface area contributed by atoms with Crippen LogP contribution in [0.5, 0.6) is 0 Å². The minimum Gasteiger partial charge on any atom is -0.763 e. The van der Waals surface area contributed by atoms with Gasteiger partial charge in [0.1, 0.15) is 4.99 Å². The van der Waals surface area contributed by atoms with E-state index in [4.69, 9.17) is 23.8 Å². The SMILES string of the molecule is C1CC[NH2+]CC1.CC1=C(C(=O)OC(F)(F)F)C(c2cccc(Cl)c2)C(=C=[N-])C(=S)N1. The third-order valence-electron chi connectivity index (χ3n) is 4.57. The van der Waals surface area contributed by atoms with Crippen LogP contribution in [-0.4, -0.2) is 36.3 Å². The van der Waals surface area contributed by atoms with Gasteiger partial charge in [-0.25, -0.2) is 4.79 Å². The van der Waals surface area contributed by atoms with Crippen molar-refractivity contribution in [1.82, 2.24) is 5.32 Å². The highest BCUT2D eigenvalue weighted by Gasteiger charge is 2.41. The van der Waals surface area contributed by atoms with Crippen LogP contribution in [0, 0.1) is 0 Å². The molecule has 0 amide bonds. The first-order chi connectivity index (χ1) is 14.1. The van der Waals surface area contributed by atoms with Gasteiger partial charge in [0.2, 0.25) is 0 Å². The van der Waals surface area contributed by atoms with Gasteiger partial charge < -0.3 is 20.8 Å². The molecule has 5 nitrogen and oxygen atoms in total. The minimum absolute atomic E-state index is 0.0311. The topological polar surface area (TPSA) is 77.2 Å². The van der Waals surface area contributed by atoms with Crippen LogP contribution in [0.25, 0.3) is 5.41 Å². The zero-order valence-electron chi connectivity index (χ0n) is 16.2. The van der Waals surface area contributed by atoms with Crippen molar-refractivity contribution in [3.63, 3.8) is 0 Å². The lowest BCUT2D eigenvalue weighted by molar-refractivity contribution is -0.662. The summed E-state index contributed by atoms with van der Waals surface area (Å²) in [5.74, 6) is -0.867. The molecule has 10 heteroatoms. The van der Waals surface area contributed by atoms with Gasteiger partial charge in [-0.1, -0.05) is 36.0 Å². The molecule has 30 heavy (non-hydrogen) atoms. The number of thiocarbonyl (C=S) groups is 1. The number of allylic oxidation sites excluding steroid dienone is 1. The van der Waals surface area contributed by atoms with Crippen molar-refractivity contribution in [3.8, 4) is 0 Å². The summed E-state index contributed by atoms with van der Waals surface area (Å²) in [5.41, 5.74) is 0.0290. The molecular formula is C20H21ClF3N3O2S. The molecule has 1 saturated heterocycles. The maximum absolute atomic E-state index is 12.4. The third kappa shape index (κ3) is 6.67. The molecule has 3 N–H and O–H groups in total.